The van der Waals surface area contributed by atoms with Gasteiger partial charge in [-0.05, 0) is 36.6 Å². The number of halogens is 3. The van der Waals surface area contributed by atoms with Crippen LogP contribution in [0.5, 0.6) is 11.5 Å². The third-order valence-electron chi connectivity index (χ3n) is 2.95. The molecule has 0 bridgehead atoms. The van der Waals surface area contributed by atoms with E-state index in [4.69, 9.17) is 4.74 Å². The van der Waals surface area contributed by atoms with Gasteiger partial charge in [0.1, 0.15) is 11.5 Å². The number of aromatic hydroxyl groups is 1. The minimum Gasteiger partial charge on any atom is -0.504 e. The van der Waals surface area contributed by atoms with Crippen LogP contribution in [-0.2, 0) is 11.2 Å². The fourth-order valence-corrected chi connectivity index (χ4v) is 1.94. The first-order chi connectivity index (χ1) is 9.87. The first-order valence-electron chi connectivity index (χ1n) is 6.53. The number of aryl methyl sites for hydroxylation is 1. The fourth-order valence-electron chi connectivity index (χ4n) is 1.94. The molecule has 0 aliphatic heterocycles. The van der Waals surface area contributed by atoms with Gasteiger partial charge in [-0.2, -0.15) is 0 Å². The van der Waals surface area contributed by atoms with Crippen LogP contribution in [0.15, 0.2) is 41.9 Å². The topological polar surface area (TPSA) is 38.7 Å². The Bertz CT molecular complexity index is 574. The zero-order chi connectivity index (χ0) is 15.5. The zero-order valence-electron chi connectivity index (χ0n) is 11.4. The first-order valence-corrected chi connectivity index (χ1v) is 6.53. The van der Waals surface area contributed by atoms with Gasteiger partial charge in [0.05, 0.1) is 0 Å². The summed E-state index contributed by atoms with van der Waals surface area (Å²) in [4.78, 5) is 0. The molecule has 0 spiro atoms. The summed E-state index contributed by atoms with van der Waals surface area (Å²) in [5.41, 5.74) is 0.943. The largest absolute Gasteiger partial charge is 0.573 e. The van der Waals surface area contributed by atoms with Crippen molar-refractivity contribution in [1.29, 1.82) is 0 Å². The maximum absolute atomic E-state index is 12.2. The van der Waals surface area contributed by atoms with Crippen LogP contribution in [0.1, 0.15) is 25.3 Å². The molecule has 6 heteroatoms. The molecule has 1 aliphatic carbocycles. The highest BCUT2D eigenvalue weighted by molar-refractivity contribution is 5.43. The van der Waals surface area contributed by atoms with Crippen LogP contribution in [0.2, 0.25) is 0 Å². The van der Waals surface area contributed by atoms with Crippen LogP contribution < -0.4 is 4.74 Å². The van der Waals surface area contributed by atoms with Crippen molar-refractivity contribution in [2.75, 3.05) is 0 Å². The van der Waals surface area contributed by atoms with Gasteiger partial charge in [-0.3, -0.25) is 0 Å². The summed E-state index contributed by atoms with van der Waals surface area (Å²) in [7, 11) is 0. The van der Waals surface area contributed by atoms with Crippen molar-refractivity contribution in [3.8, 4) is 11.5 Å². The lowest BCUT2D eigenvalue weighted by Gasteiger charge is -2.17. The molecule has 1 aromatic carbocycles. The van der Waals surface area contributed by atoms with Gasteiger partial charge in [-0.25, -0.2) is 0 Å². The third kappa shape index (κ3) is 4.44. The predicted molar refractivity (Wildman–Crippen MR) is 70.7 cm³/mol. The van der Waals surface area contributed by atoms with Crippen molar-refractivity contribution in [2.24, 2.45) is 0 Å². The highest BCUT2D eigenvalue weighted by Gasteiger charge is 2.32. The Balaban J connectivity index is 2.11. The molecule has 1 aromatic rings. The van der Waals surface area contributed by atoms with E-state index in [1.165, 1.54) is 12.2 Å². The molecule has 1 aliphatic rings. The minimum atomic E-state index is -4.73. The van der Waals surface area contributed by atoms with E-state index in [1.807, 2.05) is 6.92 Å². The van der Waals surface area contributed by atoms with Crippen LogP contribution in [0, 0.1) is 0 Å². The SMILES string of the molecule is CCc1ccc(OC2=CC(OC(F)(F)F)=CCC2)c(O)c1. The highest BCUT2D eigenvalue weighted by Crippen LogP contribution is 2.32. The van der Waals surface area contributed by atoms with Crippen LogP contribution in [-0.4, -0.2) is 11.5 Å². The van der Waals surface area contributed by atoms with Gasteiger partial charge < -0.3 is 14.6 Å². The molecule has 0 saturated heterocycles. The second-order valence-electron chi connectivity index (χ2n) is 4.56. The molecule has 2 rings (SSSR count). The Hall–Kier alpha value is -2.11. The van der Waals surface area contributed by atoms with E-state index in [0.717, 1.165) is 12.0 Å². The molecule has 3 nitrogen and oxygen atoms in total. The van der Waals surface area contributed by atoms with E-state index in [2.05, 4.69) is 4.74 Å². The average molecular weight is 300 g/mol. The smallest absolute Gasteiger partial charge is 0.504 e. The number of rotatable bonds is 4. The summed E-state index contributed by atoms with van der Waals surface area (Å²) < 4.78 is 45.8. The number of allylic oxidation sites excluding steroid dienone is 3. The Kier molecular flexibility index (Phi) is 4.45. The van der Waals surface area contributed by atoms with Crippen molar-refractivity contribution >= 4 is 0 Å². The van der Waals surface area contributed by atoms with Crippen LogP contribution in [0.3, 0.4) is 0 Å². The zero-order valence-corrected chi connectivity index (χ0v) is 11.4. The van der Waals surface area contributed by atoms with E-state index in [-0.39, 0.29) is 17.3 Å². The second-order valence-corrected chi connectivity index (χ2v) is 4.56. The Labute approximate surface area is 120 Å². The molecule has 0 unspecified atom stereocenters. The number of hydrogen-bond donors (Lipinski definition) is 1. The fraction of sp³-hybridized carbons (Fsp3) is 0.333. The predicted octanol–water partition coefficient (Wildman–Crippen LogP) is 4.43. The van der Waals surface area contributed by atoms with Gasteiger partial charge in [0.25, 0.3) is 0 Å². The number of benzene rings is 1. The molecule has 0 atom stereocenters. The van der Waals surface area contributed by atoms with Gasteiger partial charge >= 0.3 is 6.36 Å². The summed E-state index contributed by atoms with van der Waals surface area (Å²) in [6.45, 7) is 1.95. The number of phenolic OH excluding ortho intramolecular Hbond substituents is 1. The number of hydrogen-bond acceptors (Lipinski definition) is 3. The van der Waals surface area contributed by atoms with Gasteiger partial charge in [-0.1, -0.05) is 13.0 Å². The van der Waals surface area contributed by atoms with Gasteiger partial charge in [0, 0.05) is 12.5 Å². The van der Waals surface area contributed by atoms with E-state index in [9.17, 15) is 18.3 Å². The molecule has 114 valence electrons. The average Bonchev–Trinajstić information content (AvgIpc) is 2.39. The number of ether oxygens (including phenoxy) is 2. The Morgan fingerprint density at radius 1 is 1.29 bits per heavy atom. The summed E-state index contributed by atoms with van der Waals surface area (Å²) in [6, 6.07) is 4.96. The summed E-state index contributed by atoms with van der Waals surface area (Å²) in [5, 5.41) is 9.83. The lowest BCUT2D eigenvalue weighted by Crippen LogP contribution is -2.14. The summed E-state index contributed by atoms with van der Waals surface area (Å²) in [5.74, 6) is 0.194. The van der Waals surface area contributed by atoms with Crippen molar-refractivity contribution < 1.29 is 27.8 Å². The van der Waals surface area contributed by atoms with E-state index in [0.29, 0.717) is 18.6 Å². The Morgan fingerprint density at radius 2 is 2.05 bits per heavy atom. The van der Waals surface area contributed by atoms with Gasteiger partial charge in [0.15, 0.2) is 11.5 Å². The monoisotopic (exact) mass is 300 g/mol. The van der Waals surface area contributed by atoms with Gasteiger partial charge in [-0.15, -0.1) is 13.2 Å². The molecule has 0 aromatic heterocycles. The molecule has 0 heterocycles. The van der Waals surface area contributed by atoms with E-state index < -0.39 is 6.36 Å². The normalized spacial score (nSPS) is 15.2. The van der Waals surface area contributed by atoms with Crippen molar-refractivity contribution in [3.63, 3.8) is 0 Å². The highest BCUT2D eigenvalue weighted by atomic mass is 19.4. The quantitative estimate of drug-likeness (QED) is 0.894. The maximum atomic E-state index is 12.2. The van der Waals surface area contributed by atoms with Crippen LogP contribution in [0.25, 0.3) is 0 Å². The molecule has 0 radical (unpaired) electrons. The molecular weight excluding hydrogens is 285 g/mol. The second kappa shape index (κ2) is 6.11. The molecular formula is C15H15F3O3. The molecule has 21 heavy (non-hydrogen) atoms. The third-order valence-corrected chi connectivity index (χ3v) is 2.95. The van der Waals surface area contributed by atoms with E-state index in [1.54, 1.807) is 18.2 Å². The standard InChI is InChI=1S/C15H15F3O3/c1-2-10-6-7-14(13(19)8-10)20-11-4-3-5-12(9-11)21-15(16,17)18/h5-9,19H,2-4H2,1H3. The van der Waals surface area contributed by atoms with Crippen molar-refractivity contribution in [2.45, 2.75) is 32.5 Å². The Morgan fingerprint density at radius 3 is 2.67 bits per heavy atom. The number of alkyl halides is 3. The lowest BCUT2D eigenvalue weighted by molar-refractivity contribution is -0.303. The molecule has 1 N–H and O–H groups in total. The summed E-state index contributed by atoms with van der Waals surface area (Å²) >= 11 is 0. The molecule has 0 saturated carbocycles. The van der Waals surface area contributed by atoms with Crippen molar-refractivity contribution in [3.05, 3.63) is 47.4 Å². The van der Waals surface area contributed by atoms with Gasteiger partial charge in [0.2, 0.25) is 0 Å². The molecule has 0 amide bonds. The van der Waals surface area contributed by atoms with Crippen LogP contribution >= 0.6 is 0 Å². The minimum absolute atomic E-state index is 0.0388. The van der Waals surface area contributed by atoms with Crippen LogP contribution in [0.4, 0.5) is 13.2 Å². The maximum Gasteiger partial charge on any atom is 0.573 e. The van der Waals surface area contributed by atoms with E-state index >= 15 is 0 Å². The van der Waals surface area contributed by atoms with Crippen molar-refractivity contribution in [1.82, 2.24) is 0 Å². The first kappa shape index (κ1) is 15.3. The molecule has 0 fully saturated rings. The lowest BCUT2D eigenvalue weighted by atomic mass is 10.1. The summed E-state index contributed by atoms with van der Waals surface area (Å²) in [6.07, 6.45) is -0.603. The number of phenols is 1.